The second kappa shape index (κ2) is 7.52. The summed E-state index contributed by atoms with van der Waals surface area (Å²) in [7, 11) is 0. The molecule has 0 radical (unpaired) electrons. The molecule has 0 aromatic rings. The van der Waals surface area contributed by atoms with Gasteiger partial charge >= 0.3 is 6.03 Å². The van der Waals surface area contributed by atoms with E-state index in [4.69, 9.17) is 0 Å². The lowest BCUT2D eigenvalue weighted by molar-refractivity contribution is -0.139. The Morgan fingerprint density at radius 3 is 2.48 bits per heavy atom. The first-order chi connectivity index (χ1) is 12.2. The zero-order chi connectivity index (χ0) is 17.2. The van der Waals surface area contributed by atoms with Crippen molar-refractivity contribution in [1.82, 2.24) is 20.0 Å². The van der Waals surface area contributed by atoms with Gasteiger partial charge in [0.1, 0.15) is 0 Å². The molecule has 0 unspecified atom stereocenters. The summed E-state index contributed by atoms with van der Waals surface area (Å²) in [6.07, 6.45) is 9.64. The van der Waals surface area contributed by atoms with Crippen LogP contribution in [0.5, 0.6) is 0 Å². The van der Waals surface area contributed by atoms with Gasteiger partial charge in [0.2, 0.25) is 5.91 Å². The van der Waals surface area contributed by atoms with E-state index >= 15 is 0 Å². The zero-order valence-electron chi connectivity index (χ0n) is 15.3. The summed E-state index contributed by atoms with van der Waals surface area (Å²) >= 11 is 0. The molecular formula is C19H32N4O2. The molecule has 140 valence electrons. The molecule has 0 aromatic carbocycles. The second-order valence-electron chi connectivity index (χ2n) is 8.27. The first kappa shape index (κ1) is 17.1. The predicted molar refractivity (Wildman–Crippen MR) is 96.3 cm³/mol. The summed E-state index contributed by atoms with van der Waals surface area (Å²) in [5.74, 6) is 1.10. The van der Waals surface area contributed by atoms with E-state index in [9.17, 15) is 9.59 Å². The van der Waals surface area contributed by atoms with Crippen molar-refractivity contribution >= 4 is 11.9 Å². The normalized spacial score (nSPS) is 31.8. The highest BCUT2D eigenvalue weighted by molar-refractivity contribution is 5.79. The molecule has 6 heteroatoms. The molecule has 3 heterocycles. The van der Waals surface area contributed by atoms with Gasteiger partial charge in [0.05, 0.1) is 6.54 Å². The average molecular weight is 348 g/mol. The van der Waals surface area contributed by atoms with Crippen LogP contribution in [0.4, 0.5) is 4.79 Å². The number of likely N-dealkylation sites (tertiary alicyclic amines) is 2. The van der Waals surface area contributed by atoms with Crippen molar-refractivity contribution in [2.75, 3.05) is 39.3 Å². The summed E-state index contributed by atoms with van der Waals surface area (Å²) in [6, 6.07) is 0.957. The van der Waals surface area contributed by atoms with Gasteiger partial charge in [-0.15, -0.1) is 0 Å². The molecular weight excluding hydrogens is 316 g/mol. The van der Waals surface area contributed by atoms with Crippen molar-refractivity contribution in [3.05, 3.63) is 0 Å². The summed E-state index contributed by atoms with van der Waals surface area (Å²) in [4.78, 5) is 31.2. The first-order valence-corrected chi connectivity index (χ1v) is 10.3. The number of rotatable bonds is 3. The van der Waals surface area contributed by atoms with Gasteiger partial charge < -0.3 is 15.1 Å². The Morgan fingerprint density at radius 2 is 1.72 bits per heavy atom. The standard InChI is InChI=1S/C19H32N4O2/c24-18(23-10-3-5-15-4-1-2-6-17(15)23)14-21-11-7-16(8-12-21)22-13-9-20-19(22)25/h15-17H,1-14H2,(H,20,25)/t15-,17+/m1/s1. The van der Waals surface area contributed by atoms with E-state index in [-0.39, 0.29) is 6.03 Å². The maximum Gasteiger partial charge on any atom is 0.317 e. The van der Waals surface area contributed by atoms with Crippen LogP contribution in [-0.4, -0.2) is 78.0 Å². The highest BCUT2D eigenvalue weighted by atomic mass is 16.2. The van der Waals surface area contributed by atoms with Crippen LogP contribution in [0.1, 0.15) is 51.4 Å². The molecule has 0 aromatic heterocycles. The molecule has 6 nitrogen and oxygen atoms in total. The topological polar surface area (TPSA) is 55.9 Å². The molecule has 4 fully saturated rings. The SMILES string of the molecule is O=C1NCCN1C1CCN(CC(=O)N2CCC[C@H]3CCCC[C@@H]32)CC1. The molecule has 3 aliphatic heterocycles. The molecule has 4 aliphatic rings. The Hall–Kier alpha value is -1.30. The number of piperidine rings is 2. The van der Waals surface area contributed by atoms with Crippen LogP contribution >= 0.6 is 0 Å². The largest absolute Gasteiger partial charge is 0.338 e. The molecule has 25 heavy (non-hydrogen) atoms. The number of amides is 3. The number of carbonyl (C=O) groups excluding carboxylic acids is 2. The zero-order valence-corrected chi connectivity index (χ0v) is 15.3. The molecule has 1 aliphatic carbocycles. The van der Waals surface area contributed by atoms with Crippen LogP contribution in [0.15, 0.2) is 0 Å². The maximum absolute atomic E-state index is 12.9. The lowest BCUT2D eigenvalue weighted by atomic mass is 9.78. The van der Waals surface area contributed by atoms with Crippen LogP contribution in [0.25, 0.3) is 0 Å². The number of carbonyl (C=O) groups is 2. The number of hydrogen-bond donors (Lipinski definition) is 1. The van der Waals surface area contributed by atoms with Crippen molar-refractivity contribution in [2.45, 2.75) is 63.5 Å². The quantitative estimate of drug-likeness (QED) is 0.844. The van der Waals surface area contributed by atoms with E-state index in [1.165, 1.54) is 38.5 Å². The predicted octanol–water partition coefficient (Wildman–Crippen LogP) is 1.66. The minimum Gasteiger partial charge on any atom is -0.338 e. The van der Waals surface area contributed by atoms with Crippen LogP contribution in [0.3, 0.4) is 0 Å². The van der Waals surface area contributed by atoms with E-state index < -0.39 is 0 Å². The minimum absolute atomic E-state index is 0.0891. The third-order valence-electron chi connectivity index (χ3n) is 6.81. The van der Waals surface area contributed by atoms with Crippen LogP contribution in [0.2, 0.25) is 0 Å². The molecule has 2 atom stereocenters. The van der Waals surface area contributed by atoms with Gasteiger partial charge in [-0.3, -0.25) is 9.69 Å². The Bertz CT molecular complexity index is 502. The fraction of sp³-hybridized carbons (Fsp3) is 0.895. The van der Waals surface area contributed by atoms with Crippen molar-refractivity contribution in [3.8, 4) is 0 Å². The smallest absolute Gasteiger partial charge is 0.317 e. The highest BCUT2D eigenvalue weighted by Gasteiger charge is 2.37. The first-order valence-electron chi connectivity index (χ1n) is 10.3. The van der Waals surface area contributed by atoms with Gasteiger partial charge in [-0.05, 0) is 44.4 Å². The molecule has 1 N–H and O–H groups in total. The summed E-state index contributed by atoms with van der Waals surface area (Å²) in [6.45, 7) is 5.01. The van der Waals surface area contributed by atoms with E-state index in [0.717, 1.165) is 51.5 Å². The number of urea groups is 1. The maximum atomic E-state index is 12.9. The summed E-state index contributed by atoms with van der Waals surface area (Å²) in [5.41, 5.74) is 0. The molecule has 1 saturated carbocycles. The third kappa shape index (κ3) is 3.64. The minimum atomic E-state index is 0.0891. The van der Waals surface area contributed by atoms with Gasteiger partial charge in [0.15, 0.2) is 0 Å². The van der Waals surface area contributed by atoms with Gasteiger partial charge in [-0.25, -0.2) is 4.79 Å². The average Bonchev–Trinajstić information content (AvgIpc) is 3.08. The second-order valence-corrected chi connectivity index (χ2v) is 8.27. The van der Waals surface area contributed by atoms with Crippen molar-refractivity contribution in [1.29, 1.82) is 0 Å². The number of fused-ring (bicyclic) bond motifs is 1. The number of nitrogens with zero attached hydrogens (tertiary/aromatic N) is 3. The Labute approximate surface area is 150 Å². The molecule has 4 rings (SSSR count). The Kier molecular flexibility index (Phi) is 5.15. The summed E-state index contributed by atoms with van der Waals surface area (Å²) < 4.78 is 0. The van der Waals surface area contributed by atoms with E-state index in [2.05, 4.69) is 15.1 Å². The fourth-order valence-corrected chi connectivity index (χ4v) is 5.44. The van der Waals surface area contributed by atoms with Crippen LogP contribution < -0.4 is 5.32 Å². The van der Waals surface area contributed by atoms with Crippen molar-refractivity contribution in [2.24, 2.45) is 5.92 Å². The van der Waals surface area contributed by atoms with Gasteiger partial charge in [0.25, 0.3) is 0 Å². The highest BCUT2D eigenvalue weighted by Crippen LogP contribution is 2.35. The van der Waals surface area contributed by atoms with Gasteiger partial charge in [-0.2, -0.15) is 0 Å². The van der Waals surface area contributed by atoms with Gasteiger partial charge in [0, 0.05) is 44.8 Å². The molecule has 3 saturated heterocycles. The van der Waals surface area contributed by atoms with E-state index in [1.54, 1.807) is 0 Å². The lowest BCUT2D eigenvalue weighted by Gasteiger charge is -2.45. The fourth-order valence-electron chi connectivity index (χ4n) is 5.44. The Balaban J connectivity index is 1.28. The van der Waals surface area contributed by atoms with Gasteiger partial charge in [-0.1, -0.05) is 12.8 Å². The lowest BCUT2D eigenvalue weighted by Crippen LogP contribution is -2.54. The summed E-state index contributed by atoms with van der Waals surface area (Å²) in [5, 5.41) is 2.89. The third-order valence-corrected chi connectivity index (χ3v) is 6.81. The van der Waals surface area contributed by atoms with Crippen LogP contribution in [0, 0.1) is 5.92 Å². The molecule has 0 bridgehead atoms. The monoisotopic (exact) mass is 348 g/mol. The van der Waals surface area contributed by atoms with Crippen molar-refractivity contribution in [3.63, 3.8) is 0 Å². The number of hydrogen-bond acceptors (Lipinski definition) is 3. The van der Waals surface area contributed by atoms with E-state index in [0.29, 0.717) is 24.5 Å². The molecule has 0 spiro atoms. The van der Waals surface area contributed by atoms with Crippen molar-refractivity contribution < 1.29 is 9.59 Å². The number of nitrogens with one attached hydrogen (secondary N) is 1. The van der Waals surface area contributed by atoms with Crippen LogP contribution in [-0.2, 0) is 4.79 Å². The van der Waals surface area contributed by atoms with E-state index in [1.807, 2.05) is 4.90 Å². The molecule has 3 amide bonds. The Morgan fingerprint density at radius 1 is 0.960 bits per heavy atom.